The lowest BCUT2D eigenvalue weighted by Crippen LogP contribution is -2.19. The molecule has 0 saturated heterocycles. The SMILES string of the molecule is CSCCCOc1cc(CNCC(C)C)ccc1[N+](=O)[O-]. The third-order valence-corrected chi connectivity index (χ3v) is 3.55. The van der Waals surface area contributed by atoms with Crippen molar-refractivity contribution in [2.45, 2.75) is 26.8 Å². The molecule has 1 rings (SSSR count). The maximum Gasteiger partial charge on any atom is 0.310 e. The summed E-state index contributed by atoms with van der Waals surface area (Å²) in [7, 11) is 0. The number of nitrogens with zero attached hydrogens (tertiary/aromatic N) is 1. The third kappa shape index (κ3) is 6.82. The molecule has 6 heteroatoms. The van der Waals surface area contributed by atoms with Crippen LogP contribution in [0.5, 0.6) is 5.75 Å². The molecule has 0 unspecified atom stereocenters. The normalized spacial score (nSPS) is 10.9. The first-order valence-electron chi connectivity index (χ1n) is 7.14. The topological polar surface area (TPSA) is 64.4 Å². The van der Waals surface area contributed by atoms with E-state index in [1.807, 2.05) is 6.26 Å². The molecule has 0 bridgehead atoms. The lowest BCUT2D eigenvalue weighted by atomic mass is 10.1. The van der Waals surface area contributed by atoms with E-state index in [1.165, 1.54) is 6.07 Å². The fraction of sp³-hybridized carbons (Fsp3) is 0.600. The lowest BCUT2D eigenvalue weighted by molar-refractivity contribution is -0.385. The van der Waals surface area contributed by atoms with E-state index in [0.717, 1.165) is 24.3 Å². The maximum atomic E-state index is 11.0. The molecule has 118 valence electrons. The summed E-state index contributed by atoms with van der Waals surface area (Å²) in [5.41, 5.74) is 1.04. The third-order valence-electron chi connectivity index (χ3n) is 2.85. The average Bonchev–Trinajstić information content (AvgIpc) is 2.43. The van der Waals surface area contributed by atoms with Crippen LogP contribution >= 0.6 is 11.8 Å². The van der Waals surface area contributed by atoms with Gasteiger partial charge < -0.3 is 10.1 Å². The largest absolute Gasteiger partial charge is 0.487 e. The second-order valence-electron chi connectivity index (χ2n) is 5.28. The number of rotatable bonds is 10. The zero-order chi connectivity index (χ0) is 15.7. The molecule has 0 heterocycles. The van der Waals surface area contributed by atoms with Crippen LogP contribution in [0.15, 0.2) is 18.2 Å². The summed E-state index contributed by atoms with van der Waals surface area (Å²) in [4.78, 5) is 10.6. The first kappa shape index (κ1) is 17.8. The van der Waals surface area contributed by atoms with Crippen LogP contribution in [0.25, 0.3) is 0 Å². The molecule has 0 fully saturated rings. The standard InChI is InChI=1S/C15H24N2O3S/c1-12(2)10-16-11-13-5-6-14(17(18)19)15(9-13)20-7-4-8-21-3/h5-6,9,12,16H,4,7-8,10-11H2,1-3H3. The van der Waals surface area contributed by atoms with Crippen LogP contribution < -0.4 is 10.1 Å². The zero-order valence-corrected chi connectivity index (χ0v) is 13.7. The van der Waals surface area contributed by atoms with Gasteiger partial charge in [0.2, 0.25) is 0 Å². The first-order valence-corrected chi connectivity index (χ1v) is 8.53. The van der Waals surface area contributed by atoms with Crippen molar-refractivity contribution >= 4 is 17.4 Å². The monoisotopic (exact) mass is 312 g/mol. The highest BCUT2D eigenvalue weighted by molar-refractivity contribution is 7.98. The van der Waals surface area contributed by atoms with Gasteiger partial charge in [-0.1, -0.05) is 19.9 Å². The first-order chi connectivity index (χ1) is 10.0. The van der Waals surface area contributed by atoms with E-state index in [0.29, 0.717) is 24.8 Å². The summed E-state index contributed by atoms with van der Waals surface area (Å²) < 4.78 is 5.59. The number of hydrogen-bond donors (Lipinski definition) is 1. The van der Waals surface area contributed by atoms with E-state index < -0.39 is 4.92 Å². The highest BCUT2D eigenvalue weighted by atomic mass is 32.2. The minimum Gasteiger partial charge on any atom is -0.487 e. The van der Waals surface area contributed by atoms with Gasteiger partial charge in [0, 0.05) is 12.6 Å². The Labute approximate surface area is 130 Å². The van der Waals surface area contributed by atoms with Crippen LogP contribution in [0.4, 0.5) is 5.69 Å². The Bertz CT molecular complexity index is 453. The molecule has 5 nitrogen and oxygen atoms in total. The molecule has 0 aromatic heterocycles. The summed E-state index contributed by atoms with van der Waals surface area (Å²) in [5.74, 6) is 1.93. The Hall–Kier alpha value is -1.27. The van der Waals surface area contributed by atoms with E-state index in [9.17, 15) is 10.1 Å². The van der Waals surface area contributed by atoms with Gasteiger partial charge in [0.25, 0.3) is 0 Å². The predicted octanol–water partition coefficient (Wildman–Crippen LogP) is 3.47. The van der Waals surface area contributed by atoms with Gasteiger partial charge >= 0.3 is 5.69 Å². The number of nitro groups is 1. The summed E-state index contributed by atoms with van der Waals surface area (Å²) in [5, 5.41) is 14.4. The molecule has 0 saturated carbocycles. The van der Waals surface area contributed by atoms with Gasteiger partial charge in [-0.2, -0.15) is 11.8 Å². The number of hydrogen-bond acceptors (Lipinski definition) is 5. The second-order valence-corrected chi connectivity index (χ2v) is 6.26. The van der Waals surface area contributed by atoms with Crippen LogP contribution in [-0.4, -0.2) is 30.1 Å². The van der Waals surface area contributed by atoms with Crippen molar-refractivity contribution in [3.05, 3.63) is 33.9 Å². The van der Waals surface area contributed by atoms with Crippen LogP contribution in [0.1, 0.15) is 25.8 Å². The molecule has 0 aliphatic rings. The van der Waals surface area contributed by atoms with Crippen LogP contribution in [0.3, 0.4) is 0 Å². The van der Waals surface area contributed by atoms with E-state index in [2.05, 4.69) is 19.2 Å². The summed E-state index contributed by atoms with van der Waals surface area (Å²) in [6.07, 6.45) is 2.91. The summed E-state index contributed by atoms with van der Waals surface area (Å²) in [6.45, 7) is 6.40. The van der Waals surface area contributed by atoms with Crippen molar-refractivity contribution in [3.8, 4) is 5.75 Å². The molecule has 1 aromatic rings. The average molecular weight is 312 g/mol. The molecule has 0 aliphatic carbocycles. The molecular formula is C15H24N2O3S. The van der Waals surface area contributed by atoms with Crippen molar-refractivity contribution < 1.29 is 9.66 Å². The molecular weight excluding hydrogens is 288 g/mol. The van der Waals surface area contributed by atoms with E-state index in [-0.39, 0.29) is 5.69 Å². The minimum atomic E-state index is -0.394. The van der Waals surface area contributed by atoms with Crippen LogP contribution in [0, 0.1) is 16.0 Å². The predicted molar refractivity (Wildman–Crippen MR) is 88.1 cm³/mol. The van der Waals surface area contributed by atoms with Gasteiger partial charge in [-0.05, 0) is 42.5 Å². The maximum absolute atomic E-state index is 11.0. The highest BCUT2D eigenvalue weighted by Crippen LogP contribution is 2.28. The number of benzene rings is 1. The van der Waals surface area contributed by atoms with Crippen molar-refractivity contribution in [1.82, 2.24) is 5.32 Å². The minimum absolute atomic E-state index is 0.0340. The Morgan fingerprint density at radius 3 is 2.81 bits per heavy atom. The number of nitrogens with one attached hydrogen (secondary N) is 1. The molecule has 0 amide bonds. The molecule has 1 aromatic carbocycles. The Balaban J connectivity index is 2.68. The Kier molecular flexibility index (Phi) is 8.15. The van der Waals surface area contributed by atoms with Crippen molar-refractivity contribution in [3.63, 3.8) is 0 Å². The number of nitro benzene ring substituents is 1. The smallest absolute Gasteiger partial charge is 0.310 e. The molecule has 0 spiro atoms. The zero-order valence-electron chi connectivity index (χ0n) is 12.9. The summed E-state index contributed by atoms with van der Waals surface area (Å²) in [6, 6.07) is 5.07. The quantitative estimate of drug-likeness (QED) is 0.407. The van der Waals surface area contributed by atoms with Crippen molar-refractivity contribution in [2.24, 2.45) is 5.92 Å². The molecule has 0 aliphatic heterocycles. The van der Waals surface area contributed by atoms with E-state index >= 15 is 0 Å². The molecule has 0 radical (unpaired) electrons. The van der Waals surface area contributed by atoms with Crippen LogP contribution in [-0.2, 0) is 6.54 Å². The number of thioether (sulfide) groups is 1. The fourth-order valence-corrected chi connectivity index (χ4v) is 2.23. The second kappa shape index (κ2) is 9.63. The van der Waals surface area contributed by atoms with Crippen molar-refractivity contribution in [2.75, 3.05) is 25.2 Å². The van der Waals surface area contributed by atoms with Gasteiger partial charge in [-0.25, -0.2) is 0 Å². The number of ether oxygens (including phenoxy) is 1. The van der Waals surface area contributed by atoms with Gasteiger partial charge in [-0.3, -0.25) is 10.1 Å². The Morgan fingerprint density at radius 2 is 2.19 bits per heavy atom. The lowest BCUT2D eigenvalue weighted by Gasteiger charge is -2.10. The van der Waals surface area contributed by atoms with Crippen molar-refractivity contribution in [1.29, 1.82) is 0 Å². The molecule has 0 atom stereocenters. The van der Waals surface area contributed by atoms with Gasteiger partial charge in [0.1, 0.15) is 0 Å². The van der Waals surface area contributed by atoms with Gasteiger partial charge in [-0.15, -0.1) is 0 Å². The van der Waals surface area contributed by atoms with E-state index in [1.54, 1.807) is 23.9 Å². The highest BCUT2D eigenvalue weighted by Gasteiger charge is 2.15. The van der Waals surface area contributed by atoms with E-state index in [4.69, 9.17) is 4.74 Å². The fourth-order valence-electron chi connectivity index (χ4n) is 1.83. The molecule has 1 N–H and O–H groups in total. The van der Waals surface area contributed by atoms with Gasteiger partial charge in [0.15, 0.2) is 5.75 Å². The molecule has 21 heavy (non-hydrogen) atoms. The van der Waals surface area contributed by atoms with Gasteiger partial charge in [0.05, 0.1) is 11.5 Å². The van der Waals surface area contributed by atoms with Crippen LogP contribution in [0.2, 0.25) is 0 Å². The Morgan fingerprint density at radius 1 is 1.43 bits per heavy atom. The summed E-state index contributed by atoms with van der Waals surface area (Å²) >= 11 is 1.74.